The zero-order valence-electron chi connectivity index (χ0n) is 6.66. The SMILES string of the molecule is [CH2]C(N)NC(=O)c1ccccc1. The second-order valence-corrected chi connectivity index (χ2v) is 2.45. The summed E-state index contributed by atoms with van der Waals surface area (Å²) in [6.07, 6.45) is -0.558. The Bertz CT molecular complexity index is 256. The summed E-state index contributed by atoms with van der Waals surface area (Å²) in [6.45, 7) is 3.45. The third-order valence-electron chi connectivity index (χ3n) is 1.35. The smallest absolute Gasteiger partial charge is 0.252 e. The minimum absolute atomic E-state index is 0.196. The molecule has 12 heavy (non-hydrogen) atoms. The summed E-state index contributed by atoms with van der Waals surface area (Å²) in [5.41, 5.74) is 5.88. The largest absolute Gasteiger partial charge is 0.337 e. The summed E-state index contributed by atoms with van der Waals surface area (Å²) in [5, 5.41) is 2.49. The third kappa shape index (κ3) is 2.36. The van der Waals surface area contributed by atoms with E-state index in [4.69, 9.17) is 5.73 Å². The highest BCUT2D eigenvalue weighted by atomic mass is 16.1. The van der Waals surface area contributed by atoms with Gasteiger partial charge in [0.25, 0.3) is 5.91 Å². The predicted octanol–water partition coefficient (Wildman–Crippen LogP) is 0.535. The second kappa shape index (κ2) is 3.88. The molecule has 1 aromatic carbocycles. The monoisotopic (exact) mass is 163 g/mol. The maximum Gasteiger partial charge on any atom is 0.252 e. The van der Waals surface area contributed by atoms with Gasteiger partial charge in [-0.3, -0.25) is 4.79 Å². The Morgan fingerprint density at radius 1 is 1.42 bits per heavy atom. The van der Waals surface area contributed by atoms with Crippen molar-refractivity contribution in [3.8, 4) is 0 Å². The Labute approximate surface area is 71.6 Å². The molecule has 0 aromatic heterocycles. The molecule has 0 aliphatic rings. The lowest BCUT2D eigenvalue weighted by molar-refractivity contribution is 0.0945. The van der Waals surface area contributed by atoms with Crippen molar-refractivity contribution in [3.63, 3.8) is 0 Å². The first kappa shape index (κ1) is 8.74. The number of benzene rings is 1. The van der Waals surface area contributed by atoms with Crippen molar-refractivity contribution in [2.75, 3.05) is 0 Å². The van der Waals surface area contributed by atoms with Crippen LogP contribution in [0.3, 0.4) is 0 Å². The first-order valence-corrected chi connectivity index (χ1v) is 3.65. The van der Waals surface area contributed by atoms with E-state index in [0.717, 1.165) is 0 Å². The van der Waals surface area contributed by atoms with Crippen molar-refractivity contribution >= 4 is 5.91 Å². The molecule has 0 spiro atoms. The van der Waals surface area contributed by atoms with Gasteiger partial charge < -0.3 is 11.1 Å². The van der Waals surface area contributed by atoms with E-state index in [0.29, 0.717) is 5.56 Å². The van der Waals surface area contributed by atoms with Gasteiger partial charge in [0.05, 0.1) is 6.17 Å². The molecule has 0 saturated heterocycles. The van der Waals surface area contributed by atoms with Gasteiger partial charge in [0.2, 0.25) is 0 Å². The lowest BCUT2D eigenvalue weighted by atomic mass is 10.2. The van der Waals surface area contributed by atoms with Crippen LogP contribution in [0.5, 0.6) is 0 Å². The van der Waals surface area contributed by atoms with Crippen LogP contribution in [0.4, 0.5) is 0 Å². The average Bonchev–Trinajstić information content (AvgIpc) is 2.05. The Hall–Kier alpha value is -1.35. The molecule has 1 aromatic rings. The molecule has 1 rings (SSSR count). The Morgan fingerprint density at radius 2 is 2.00 bits per heavy atom. The molecule has 3 N–H and O–H groups in total. The van der Waals surface area contributed by atoms with E-state index in [9.17, 15) is 4.79 Å². The number of hydrogen-bond acceptors (Lipinski definition) is 2. The molecule has 63 valence electrons. The van der Waals surface area contributed by atoms with E-state index in [-0.39, 0.29) is 5.91 Å². The van der Waals surface area contributed by atoms with Crippen molar-refractivity contribution in [3.05, 3.63) is 42.8 Å². The molecule has 3 nitrogen and oxygen atoms in total. The van der Waals surface area contributed by atoms with Crippen molar-refractivity contribution in [2.24, 2.45) is 5.73 Å². The van der Waals surface area contributed by atoms with E-state index in [1.165, 1.54) is 0 Å². The van der Waals surface area contributed by atoms with Crippen LogP contribution < -0.4 is 11.1 Å². The summed E-state index contributed by atoms with van der Waals surface area (Å²) in [6, 6.07) is 8.88. The maximum absolute atomic E-state index is 11.2. The van der Waals surface area contributed by atoms with E-state index < -0.39 is 6.17 Å². The fourth-order valence-corrected chi connectivity index (χ4v) is 0.841. The molecule has 0 aliphatic heterocycles. The highest BCUT2D eigenvalue weighted by molar-refractivity contribution is 5.94. The van der Waals surface area contributed by atoms with Crippen LogP contribution in [0, 0.1) is 6.92 Å². The van der Waals surface area contributed by atoms with Crippen LogP contribution in [0.2, 0.25) is 0 Å². The highest BCUT2D eigenvalue weighted by Crippen LogP contribution is 1.97. The van der Waals surface area contributed by atoms with E-state index in [1.807, 2.05) is 6.07 Å². The van der Waals surface area contributed by atoms with Gasteiger partial charge in [-0.2, -0.15) is 0 Å². The van der Waals surface area contributed by atoms with Crippen molar-refractivity contribution < 1.29 is 4.79 Å². The molecule has 1 amide bonds. The maximum atomic E-state index is 11.2. The zero-order chi connectivity index (χ0) is 8.97. The lowest BCUT2D eigenvalue weighted by Gasteiger charge is -2.07. The molecule has 0 aliphatic carbocycles. The molecular formula is C9H11N2O. The van der Waals surface area contributed by atoms with Gasteiger partial charge in [0.1, 0.15) is 0 Å². The Morgan fingerprint density at radius 3 is 2.50 bits per heavy atom. The normalized spacial score (nSPS) is 12.2. The molecule has 0 heterocycles. The summed E-state index contributed by atoms with van der Waals surface area (Å²) in [4.78, 5) is 11.2. The molecule has 0 fully saturated rings. The van der Waals surface area contributed by atoms with Crippen LogP contribution in [-0.4, -0.2) is 12.1 Å². The van der Waals surface area contributed by atoms with E-state index >= 15 is 0 Å². The molecule has 1 atom stereocenters. The number of nitrogens with two attached hydrogens (primary N) is 1. The van der Waals surface area contributed by atoms with Crippen LogP contribution >= 0.6 is 0 Å². The van der Waals surface area contributed by atoms with E-state index in [1.54, 1.807) is 24.3 Å². The molecule has 0 saturated carbocycles. The van der Waals surface area contributed by atoms with Crippen molar-refractivity contribution in [1.29, 1.82) is 0 Å². The minimum Gasteiger partial charge on any atom is -0.337 e. The van der Waals surface area contributed by atoms with Crippen molar-refractivity contribution in [1.82, 2.24) is 5.32 Å². The van der Waals surface area contributed by atoms with Crippen molar-refractivity contribution in [2.45, 2.75) is 6.17 Å². The second-order valence-electron chi connectivity index (χ2n) is 2.45. The van der Waals surface area contributed by atoms with Gasteiger partial charge in [-0.1, -0.05) is 18.2 Å². The molecule has 1 unspecified atom stereocenters. The van der Waals surface area contributed by atoms with Gasteiger partial charge in [-0.05, 0) is 19.1 Å². The highest BCUT2D eigenvalue weighted by Gasteiger charge is 2.04. The standard InChI is InChI=1S/C9H11N2O/c1-7(10)11-9(12)8-5-3-2-4-6-8/h2-7H,1,10H2,(H,11,12). The molecule has 3 heteroatoms. The molecule has 0 bridgehead atoms. The van der Waals surface area contributed by atoms with Gasteiger partial charge in [0, 0.05) is 5.56 Å². The zero-order valence-corrected chi connectivity index (χ0v) is 6.66. The average molecular weight is 163 g/mol. The summed E-state index contributed by atoms with van der Waals surface area (Å²) in [5.74, 6) is -0.196. The first-order valence-electron chi connectivity index (χ1n) is 3.65. The minimum atomic E-state index is -0.558. The summed E-state index contributed by atoms with van der Waals surface area (Å²) >= 11 is 0. The summed E-state index contributed by atoms with van der Waals surface area (Å²) < 4.78 is 0. The number of carbonyl (C=O) groups is 1. The topological polar surface area (TPSA) is 55.1 Å². The number of amides is 1. The summed E-state index contributed by atoms with van der Waals surface area (Å²) in [7, 11) is 0. The molecular weight excluding hydrogens is 152 g/mol. The Kier molecular flexibility index (Phi) is 2.82. The number of hydrogen-bond donors (Lipinski definition) is 2. The Balaban J connectivity index is 2.66. The van der Waals surface area contributed by atoms with Crippen LogP contribution in [-0.2, 0) is 0 Å². The van der Waals surface area contributed by atoms with Crippen LogP contribution in [0.15, 0.2) is 30.3 Å². The number of rotatable bonds is 2. The van der Waals surface area contributed by atoms with Gasteiger partial charge in [0.15, 0.2) is 0 Å². The fourth-order valence-electron chi connectivity index (χ4n) is 0.841. The first-order chi connectivity index (χ1) is 5.70. The van der Waals surface area contributed by atoms with E-state index in [2.05, 4.69) is 12.2 Å². The number of carbonyl (C=O) groups excluding carboxylic acids is 1. The molecule has 1 radical (unpaired) electrons. The van der Waals surface area contributed by atoms with Crippen LogP contribution in [0.25, 0.3) is 0 Å². The van der Waals surface area contributed by atoms with Gasteiger partial charge in [-0.15, -0.1) is 0 Å². The quantitative estimate of drug-likeness (QED) is 0.625. The number of nitrogens with one attached hydrogen (secondary N) is 1. The fraction of sp³-hybridized carbons (Fsp3) is 0.111. The predicted molar refractivity (Wildman–Crippen MR) is 47.2 cm³/mol. The lowest BCUT2D eigenvalue weighted by Crippen LogP contribution is -2.39. The van der Waals surface area contributed by atoms with Gasteiger partial charge >= 0.3 is 0 Å². The third-order valence-corrected chi connectivity index (χ3v) is 1.35. The van der Waals surface area contributed by atoms with Gasteiger partial charge in [-0.25, -0.2) is 0 Å². The van der Waals surface area contributed by atoms with Crippen LogP contribution in [0.1, 0.15) is 10.4 Å².